The van der Waals surface area contributed by atoms with Crippen molar-refractivity contribution in [3.8, 4) is 0 Å². The van der Waals surface area contributed by atoms with Crippen LogP contribution in [0.25, 0.3) is 0 Å². The van der Waals surface area contributed by atoms with Gasteiger partial charge in [-0.15, -0.1) is 11.3 Å². The Morgan fingerprint density at radius 1 is 1.17 bits per heavy atom. The molecule has 1 heterocycles. The normalized spacial score (nSPS) is 12.6. The molecule has 1 N–H and O–H groups in total. The standard InChI is InChI=1S/C16H21NS/c1-3-15-9-10-18-16(15)12-17-13(2)11-14-7-5-4-6-8-14/h4-10,13,17H,3,11-12H2,1-2H3. The van der Waals surface area contributed by atoms with Crippen LogP contribution in [-0.4, -0.2) is 6.04 Å². The molecule has 0 spiro atoms. The zero-order valence-electron chi connectivity index (χ0n) is 11.1. The Bertz CT molecular complexity index is 461. The highest BCUT2D eigenvalue weighted by atomic mass is 32.1. The van der Waals surface area contributed by atoms with Crippen LogP contribution in [0, 0.1) is 0 Å². The third-order valence-corrected chi connectivity index (χ3v) is 4.18. The first-order chi connectivity index (χ1) is 8.79. The molecule has 0 aliphatic heterocycles. The number of hydrogen-bond acceptors (Lipinski definition) is 2. The van der Waals surface area contributed by atoms with Crippen molar-refractivity contribution in [2.24, 2.45) is 0 Å². The third-order valence-electron chi connectivity index (χ3n) is 3.21. The van der Waals surface area contributed by atoms with Crippen molar-refractivity contribution in [2.45, 2.75) is 39.3 Å². The fourth-order valence-electron chi connectivity index (χ4n) is 2.14. The Kier molecular flexibility index (Phi) is 4.97. The average molecular weight is 259 g/mol. The molecule has 0 saturated heterocycles. The monoisotopic (exact) mass is 259 g/mol. The van der Waals surface area contributed by atoms with E-state index >= 15 is 0 Å². The van der Waals surface area contributed by atoms with E-state index in [4.69, 9.17) is 0 Å². The molecule has 2 heteroatoms. The van der Waals surface area contributed by atoms with E-state index in [-0.39, 0.29) is 0 Å². The van der Waals surface area contributed by atoms with Gasteiger partial charge in [0.1, 0.15) is 0 Å². The maximum Gasteiger partial charge on any atom is 0.0305 e. The molecule has 0 aliphatic carbocycles. The molecule has 0 aliphatic rings. The van der Waals surface area contributed by atoms with Crippen molar-refractivity contribution < 1.29 is 0 Å². The molecule has 96 valence electrons. The smallest absolute Gasteiger partial charge is 0.0305 e. The van der Waals surface area contributed by atoms with Gasteiger partial charge in [-0.2, -0.15) is 0 Å². The minimum Gasteiger partial charge on any atom is -0.309 e. The lowest BCUT2D eigenvalue weighted by molar-refractivity contribution is 0.547. The van der Waals surface area contributed by atoms with E-state index in [9.17, 15) is 0 Å². The van der Waals surface area contributed by atoms with Crippen molar-refractivity contribution in [2.75, 3.05) is 0 Å². The molecule has 0 amide bonds. The zero-order chi connectivity index (χ0) is 12.8. The van der Waals surface area contributed by atoms with Crippen LogP contribution in [-0.2, 0) is 19.4 Å². The van der Waals surface area contributed by atoms with Gasteiger partial charge in [0.15, 0.2) is 0 Å². The van der Waals surface area contributed by atoms with Gasteiger partial charge in [-0.3, -0.25) is 0 Å². The van der Waals surface area contributed by atoms with Gasteiger partial charge in [0.25, 0.3) is 0 Å². The molecule has 1 nitrogen and oxygen atoms in total. The van der Waals surface area contributed by atoms with Gasteiger partial charge in [-0.25, -0.2) is 0 Å². The summed E-state index contributed by atoms with van der Waals surface area (Å²) < 4.78 is 0. The minimum atomic E-state index is 0.513. The van der Waals surface area contributed by atoms with Gasteiger partial charge in [-0.1, -0.05) is 37.3 Å². The Hall–Kier alpha value is -1.12. The summed E-state index contributed by atoms with van der Waals surface area (Å²) in [7, 11) is 0. The molecule has 2 aromatic rings. The first kappa shape index (κ1) is 13.3. The van der Waals surface area contributed by atoms with Crippen molar-refractivity contribution >= 4 is 11.3 Å². The summed E-state index contributed by atoms with van der Waals surface area (Å²) in [6.07, 6.45) is 2.22. The minimum absolute atomic E-state index is 0.513. The maximum atomic E-state index is 3.62. The molecule has 0 radical (unpaired) electrons. The van der Waals surface area contributed by atoms with Gasteiger partial charge in [0.2, 0.25) is 0 Å². The van der Waals surface area contributed by atoms with Crippen LogP contribution in [0.3, 0.4) is 0 Å². The van der Waals surface area contributed by atoms with Gasteiger partial charge < -0.3 is 5.32 Å². The van der Waals surface area contributed by atoms with E-state index < -0.39 is 0 Å². The first-order valence-corrected chi connectivity index (χ1v) is 7.50. The SMILES string of the molecule is CCc1ccsc1CNC(C)Cc1ccccc1. The van der Waals surface area contributed by atoms with Crippen LogP contribution in [0.15, 0.2) is 41.8 Å². The van der Waals surface area contributed by atoms with Crippen molar-refractivity contribution in [3.05, 3.63) is 57.8 Å². The fraction of sp³-hybridized carbons (Fsp3) is 0.375. The van der Waals surface area contributed by atoms with E-state index in [1.54, 1.807) is 0 Å². The predicted molar refractivity (Wildman–Crippen MR) is 80.1 cm³/mol. The molecule has 1 aromatic carbocycles. The number of nitrogens with one attached hydrogen (secondary N) is 1. The number of thiophene rings is 1. The molecular weight excluding hydrogens is 238 g/mol. The van der Waals surface area contributed by atoms with Gasteiger partial charge in [0, 0.05) is 17.5 Å². The van der Waals surface area contributed by atoms with E-state index in [1.165, 1.54) is 16.0 Å². The molecule has 0 fully saturated rings. The zero-order valence-corrected chi connectivity index (χ0v) is 12.0. The Morgan fingerprint density at radius 2 is 1.94 bits per heavy atom. The van der Waals surface area contributed by atoms with Crippen LogP contribution in [0.1, 0.15) is 29.9 Å². The molecule has 0 bridgehead atoms. The molecule has 2 rings (SSSR count). The van der Waals surface area contributed by atoms with Gasteiger partial charge >= 0.3 is 0 Å². The topological polar surface area (TPSA) is 12.0 Å². The van der Waals surface area contributed by atoms with Crippen molar-refractivity contribution in [1.82, 2.24) is 5.32 Å². The fourth-order valence-corrected chi connectivity index (χ4v) is 3.07. The summed E-state index contributed by atoms with van der Waals surface area (Å²) in [5, 5.41) is 5.81. The molecular formula is C16H21NS. The van der Waals surface area contributed by atoms with Gasteiger partial charge in [-0.05, 0) is 42.3 Å². The lowest BCUT2D eigenvalue weighted by Gasteiger charge is -2.14. The molecule has 1 aromatic heterocycles. The molecule has 0 saturated carbocycles. The summed E-state index contributed by atoms with van der Waals surface area (Å²) in [6, 6.07) is 13.4. The number of hydrogen-bond donors (Lipinski definition) is 1. The average Bonchev–Trinajstić information content (AvgIpc) is 2.85. The molecule has 18 heavy (non-hydrogen) atoms. The summed E-state index contributed by atoms with van der Waals surface area (Å²) in [5.74, 6) is 0. The Balaban J connectivity index is 1.83. The summed E-state index contributed by atoms with van der Waals surface area (Å²) in [4.78, 5) is 1.48. The lowest BCUT2D eigenvalue weighted by atomic mass is 10.1. The summed E-state index contributed by atoms with van der Waals surface area (Å²) in [6.45, 7) is 5.47. The van der Waals surface area contributed by atoms with E-state index in [2.05, 4.69) is 60.9 Å². The molecule has 1 unspecified atom stereocenters. The summed E-state index contributed by atoms with van der Waals surface area (Å²) >= 11 is 1.86. The second-order valence-corrected chi connectivity index (χ2v) is 5.69. The van der Waals surface area contributed by atoms with Crippen LogP contribution in [0.2, 0.25) is 0 Å². The van der Waals surface area contributed by atoms with Crippen LogP contribution < -0.4 is 5.32 Å². The first-order valence-electron chi connectivity index (χ1n) is 6.62. The lowest BCUT2D eigenvalue weighted by Crippen LogP contribution is -2.27. The highest BCUT2D eigenvalue weighted by Gasteiger charge is 2.06. The third kappa shape index (κ3) is 3.69. The number of benzene rings is 1. The highest BCUT2D eigenvalue weighted by Crippen LogP contribution is 2.17. The van der Waals surface area contributed by atoms with Crippen LogP contribution >= 0.6 is 11.3 Å². The molecule has 1 atom stereocenters. The highest BCUT2D eigenvalue weighted by molar-refractivity contribution is 7.10. The quantitative estimate of drug-likeness (QED) is 0.826. The van der Waals surface area contributed by atoms with Crippen LogP contribution in [0.5, 0.6) is 0 Å². The van der Waals surface area contributed by atoms with Gasteiger partial charge in [0.05, 0.1) is 0 Å². The predicted octanol–water partition coefficient (Wildman–Crippen LogP) is 4.03. The van der Waals surface area contributed by atoms with E-state index in [0.29, 0.717) is 6.04 Å². The second-order valence-electron chi connectivity index (χ2n) is 4.69. The van der Waals surface area contributed by atoms with Crippen LogP contribution in [0.4, 0.5) is 0 Å². The summed E-state index contributed by atoms with van der Waals surface area (Å²) in [5.41, 5.74) is 2.89. The Morgan fingerprint density at radius 3 is 2.67 bits per heavy atom. The Labute approximate surface area is 114 Å². The second kappa shape index (κ2) is 6.72. The van der Waals surface area contributed by atoms with E-state index in [0.717, 1.165) is 19.4 Å². The van der Waals surface area contributed by atoms with Crippen molar-refractivity contribution in [3.63, 3.8) is 0 Å². The number of aryl methyl sites for hydroxylation is 1. The van der Waals surface area contributed by atoms with Crippen molar-refractivity contribution in [1.29, 1.82) is 0 Å². The van der Waals surface area contributed by atoms with E-state index in [1.807, 2.05) is 11.3 Å². The maximum absolute atomic E-state index is 3.62. The largest absolute Gasteiger partial charge is 0.309 e. The number of rotatable bonds is 6.